The molecule has 1 rings (SSSR count). The summed E-state index contributed by atoms with van der Waals surface area (Å²) in [6.45, 7) is 4.03. The van der Waals surface area contributed by atoms with Crippen LogP contribution in [0.2, 0.25) is 0 Å². The van der Waals surface area contributed by atoms with Gasteiger partial charge in [0.25, 0.3) is 0 Å². The summed E-state index contributed by atoms with van der Waals surface area (Å²) >= 11 is 5.87. The molecule has 0 aliphatic carbocycles. The fourth-order valence-corrected chi connectivity index (χ4v) is 2.46. The van der Waals surface area contributed by atoms with Crippen LogP contribution in [0.5, 0.6) is 5.75 Å². The molecular weight excluding hydrogens is 297 g/mol. The van der Waals surface area contributed by atoms with Gasteiger partial charge in [-0.25, -0.2) is 0 Å². The molecule has 7 heteroatoms. The fourth-order valence-electron chi connectivity index (χ4n) is 1.30. The average Bonchev–Trinajstić information content (AvgIpc) is 2.30. The molecule has 0 radical (unpaired) electrons. The van der Waals surface area contributed by atoms with E-state index in [-0.39, 0.29) is 10.1 Å². The number of hydrogen-bond donors (Lipinski definition) is 0. The molecule has 0 spiro atoms. The molecule has 0 aliphatic heterocycles. The molecular formula is C12H13F3O2S2. The maximum absolute atomic E-state index is 12.3. The van der Waals surface area contributed by atoms with Gasteiger partial charge in [0.2, 0.25) is 4.38 Å². The van der Waals surface area contributed by atoms with E-state index in [9.17, 15) is 13.2 Å². The van der Waals surface area contributed by atoms with Gasteiger partial charge in [-0.05, 0) is 55.0 Å². The van der Waals surface area contributed by atoms with Crippen LogP contribution in [0.1, 0.15) is 19.4 Å². The van der Waals surface area contributed by atoms with Crippen molar-refractivity contribution in [2.45, 2.75) is 31.5 Å². The van der Waals surface area contributed by atoms with Crippen molar-refractivity contribution in [3.8, 4) is 5.75 Å². The maximum atomic E-state index is 12.3. The average molecular weight is 310 g/mol. The van der Waals surface area contributed by atoms with Crippen molar-refractivity contribution < 1.29 is 22.6 Å². The fraction of sp³-hybridized carbons (Fsp3) is 0.417. The number of thiocarbonyl (C=S) groups is 1. The van der Waals surface area contributed by atoms with E-state index in [1.54, 1.807) is 19.1 Å². The molecule has 0 amide bonds. The Balaban J connectivity index is 2.99. The van der Waals surface area contributed by atoms with Crippen LogP contribution in [0.25, 0.3) is 0 Å². The van der Waals surface area contributed by atoms with Crippen molar-refractivity contribution in [3.63, 3.8) is 0 Å². The number of aryl methyl sites for hydroxylation is 1. The molecule has 0 atom stereocenters. The Labute approximate surface area is 119 Å². The van der Waals surface area contributed by atoms with Crippen molar-refractivity contribution in [1.29, 1.82) is 0 Å². The zero-order valence-electron chi connectivity index (χ0n) is 10.4. The standard InChI is InChI=1S/C12H13F3O2S2/c1-3-8-5-6-9(17-12(13,14)15)10(7-8)19-11(18)16-4-2/h5-7H,3-4H2,1-2H3. The van der Waals surface area contributed by atoms with Gasteiger partial charge in [-0.15, -0.1) is 13.2 Å². The lowest BCUT2D eigenvalue weighted by Gasteiger charge is -2.14. The second-order valence-corrected chi connectivity index (χ2v) is 5.11. The Morgan fingerprint density at radius 1 is 1.32 bits per heavy atom. The first kappa shape index (κ1) is 16.1. The Morgan fingerprint density at radius 3 is 2.53 bits per heavy atom. The molecule has 0 aliphatic rings. The minimum atomic E-state index is -4.73. The van der Waals surface area contributed by atoms with Crippen LogP contribution in [-0.2, 0) is 11.2 Å². The Bertz CT molecular complexity index is 447. The molecule has 0 aromatic heterocycles. The molecule has 1 aromatic carbocycles. The smallest absolute Gasteiger partial charge is 0.479 e. The van der Waals surface area contributed by atoms with Gasteiger partial charge in [-0.2, -0.15) is 0 Å². The van der Waals surface area contributed by atoms with Crippen molar-refractivity contribution in [2.24, 2.45) is 0 Å². The van der Waals surface area contributed by atoms with E-state index in [2.05, 4.69) is 4.74 Å². The molecule has 0 N–H and O–H groups in total. The highest BCUT2D eigenvalue weighted by Gasteiger charge is 2.32. The third-order valence-corrected chi connectivity index (χ3v) is 3.29. The highest BCUT2D eigenvalue weighted by Crippen LogP contribution is 2.35. The van der Waals surface area contributed by atoms with E-state index >= 15 is 0 Å². The lowest BCUT2D eigenvalue weighted by molar-refractivity contribution is -0.275. The monoisotopic (exact) mass is 310 g/mol. The first-order valence-corrected chi connectivity index (χ1v) is 6.81. The summed E-state index contributed by atoms with van der Waals surface area (Å²) in [6.07, 6.45) is -4.02. The van der Waals surface area contributed by atoms with Crippen LogP contribution >= 0.6 is 24.0 Å². The van der Waals surface area contributed by atoms with E-state index in [1.165, 1.54) is 6.07 Å². The third-order valence-electron chi connectivity index (χ3n) is 2.10. The normalized spacial score (nSPS) is 11.2. The number of benzene rings is 1. The minimum absolute atomic E-state index is 0.169. The summed E-state index contributed by atoms with van der Waals surface area (Å²) in [7, 11) is 0. The molecule has 0 fully saturated rings. The number of rotatable bonds is 4. The summed E-state index contributed by atoms with van der Waals surface area (Å²) in [6, 6.07) is 4.51. The lowest BCUT2D eigenvalue weighted by atomic mass is 10.2. The van der Waals surface area contributed by atoms with Crippen molar-refractivity contribution in [3.05, 3.63) is 23.8 Å². The van der Waals surface area contributed by atoms with Gasteiger partial charge < -0.3 is 9.47 Å². The summed E-state index contributed by atoms with van der Waals surface area (Å²) in [5, 5.41) is 0. The predicted octanol–water partition coefficient (Wildman–Crippen LogP) is 4.56. The molecule has 0 bridgehead atoms. The number of ether oxygens (including phenoxy) is 2. The second-order valence-electron chi connectivity index (χ2n) is 3.47. The number of thioether (sulfide) groups is 1. The van der Waals surface area contributed by atoms with Crippen LogP contribution in [-0.4, -0.2) is 17.4 Å². The van der Waals surface area contributed by atoms with E-state index in [4.69, 9.17) is 17.0 Å². The Morgan fingerprint density at radius 2 is 2.00 bits per heavy atom. The molecule has 106 valence electrons. The van der Waals surface area contributed by atoms with Crippen LogP contribution in [0.15, 0.2) is 23.1 Å². The summed E-state index contributed by atoms with van der Waals surface area (Å²) in [4.78, 5) is 0.301. The largest absolute Gasteiger partial charge is 0.573 e. The van der Waals surface area contributed by atoms with Crippen LogP contribution in [0, 0.1) is 0 Å². The van der Waals surface area contributed by atoms with E-state index < -0.39 is 6.36 Å². The molecule has 0 saturated carbocycles. The maximum Gasteiger partial charge on any atom is 0.573 e. The minimum Gasteiger partial charge on any atom is -0.479 e. The van der Waals surface area contributed by atoms with Crippen molar-refractivity contribution in [1.82, 2.24) is 0 Å². The van der Waals surface area contributed by atoms with Crippen LogP contribution in [0.3, 0.4) is 0 Å². The Hall–Kier alpha value is -0.950. The molecule has 2 nitrogen and oxygen atoms in total. The second kappa shape index (κ2) is 7.00. The van der Waals surface area contributed by atoms with Gasteiger partial charge in [-0.1, -0.05) is 13.0 Å². The van der Waals surface area contributed by atoms with Gasteiger partial charge in [0.05, 0.1) is 11.5 Å². The van der Waals surface area contributed by atoms with Gasteiger partial charge in [0.1, 0.15) is 5.75 Å². The predicted molar refractivity (Wildman–Crippen MR) is 72.6 cm³/mol. The van der Waals surface area contributed by atoms with Crippen LogP contribution < -0.4 is 4.74 Å². The van der Waals surface area contributed by atoms with Crippen LogP contribution in [0.4, 0.5) is 13.2 Å². The van der Waals surface area contributed by atoms with Gasteiger partial charge in [0, 0.05) is 0 Å². The quantitative estimate of drug-likeness (QED) is 0.599. The van der Waals surface area contributed by atoms with Gasteiger partial charge in [0.15, 0.2) is 0 Å². The molecule has 0 heterocycles. The number of alkyl halides is 3. The highest BCUT2D eigenvalue weighted by molar-refractivity contribution is 8.22. The Kier molecular flexibility index (Phi) is 5.93. The summed E-state index contributed by atoms with van der Waals surface area (Å²) in [5.41, 5.74) is 0.899. The van der Waals surface area contributed by atoms with Crippen molar-refractivity contribution in [2.75, 3.05) is 6.61 Å². The zero-order chi connectivity index (χ0) is 14.5. The molecule has 0 saturated heterocycles. The third kappa shape index (κ3) is 5.69. The summed E-state index contributed by atoms with van der Waals surface area (Å²) < 4.78 is 46.1. The number of hydrogen-bond acceptors (Lipinski definition) is 4. The van der Waals surface area contributed by atoms with E-state index in [0.717, 1.165) is 17.3 Å². The highest BCUT2D eigenvalue weighted by atomic mass is 32.2. The molecule has 0 unspecified atom stereocenters. The number of halogens is 3. The zero-order valence-corrected chi connectivity index (χ0v) is 12.0. The SMILES string of the molecule is CCOC(=S)Sc1cc(CC)ccc1OC(F)(F)F. The molecule has 1 aromatic rings. The lowest BCUT2D eigenvalue weighted by Crippen LogP contribution is -2.17. The molecule has 19 heavy (non-hydrogen) atoms. The van der Waals surface area contributed by atoms with Gasteiger partial charge in [-0.3, -0.25) is 0 Å². The summed E-state index contributed by atoms with van der Waals surface area (Å²) in [5.74, 6) is -0.267. The van der Waals surface area contributed by atoms with E-state index in [1.807, 2.05) is 6.92 Å². The topological polar surface area (TPSA) is 18.5 Å². The van der Waals surface area contributed by atoms with Gasteiger partial charge >= 0.3 is 6.36 Å². The first-order chi connectivity index (χ1) is 8.85. The van der Waals surface area contributed by atoms with Crippen molar-refractivity contribution >= 4 is 28.4 Å². The first-order valence-electron chi connectivity index (χ1n) is 5.59. The van der Waals surface area contributed by atoms with E-state index in [0.29, 0.717) is 17.9 Å².